The van der Waals surface area contributed by atoms with Crippen LogP contribution in [-0.2, 0) is 16.6 Å². The van der Waals surface area contributed by atoms with Crippen molar-refractivity contribution < 1.29 is 9.53 Å². The maximum atomic E-state index is 12.5. The van der Waals surface area contributed by atoms with E-state index >= 15 is 0 Å². The van der Waals surface area contributed by atoms with Crippen LogP contribution in [0.2, 0.25) is 0 Å². The van der Waals surface area contributed by atoms with Gasteiger partial charge in [-0.05, 0) is 32.4 Å². The molecular weight excluding hydrogens is 334 g/mol. The Kier molecular flexibility index (Phi) is 5.93. The topological polar surface area (TPSA) is 88.5 Å². The van der Waals surface area contributed by atoms with Crippen molar-refractivity contribution in [3.8, 4) is 0 Å². The average Bonchev–Trinajstić information content (AvgIpc) is 2.65. The number of piperidine rings is 1. The molecule has 144 valence electrons. The van der Waals surface area contributed by atoms with Crippen LogP contribution in [0, 0.1) is 5.41 Å². The first-order valence-electron chi connectivity index (χ1n) is 9.37. The summed E-state index contributed by atoms with van der Waals surface area (Å²) in [6.45, 7) is 6.50. The van der Waals surface area contributed by atoms with Crippen molar-refractivity contribution in [3.05, 3.63) is 22.6 Å². The molecule has 8 nitrogen and oxygen atoms in total. The largest absolute Gasteiger partial charge is 0.374 e. The van der Waals surface area contributed by atoms with Gasteiger partial charge in [0.25, 0.3) is 5.56 Å². The molecule has 2 aliphatic rings. The molecular formula is C18H29N5O3. The van der Waals surface area contributed by atoms with Crippen molar-refractivity contribution in [1.29, 1.82) is 0 Å². The summed E-state index contributed by atoms with van der Waals surface area (Å²) in [6, 6.07) is 1.61. The van der Waals surface area contributed by atoms with Crippen molar-refractivity contribution in [2.24, 2.45) is 12.5 Å². The van der Waals surface area contributed by atoms with Gasteiger partial charge in [-0.15, -0.1) is 0 Å². The van der Waals surface area contributed by atoms with Crippen LogP contribution in [0.25, 0.3) is 0 Å². The zero-order valence-corrected chi connectivity index (χ0v) is 15.7. The molecule has 0 saturated carbocycles. The number of carbonyl (C=O) groups is 1. The van der Waals surface area contributed by atoms with Gasteiger partial charge in [0.1, 0.15) is 0 Å². The molecule has 2 fully saturated rings. The first kappa shape index (κ1) is 18.8. The lowest BCUT2D eigenvalue weighted by Gasteiger charge is -2.35. The second kappa shape index (κ2) is 8.18. The molecule has 0 aliphatic carbocycles. The van der Waals surface area contributed by atoms with Gasteiger partial charge < -0.3 is 20.3 Å². The van der Waals surface area contributed by atoms with Crippen LogP contribution < -0.4 is 21.1 Å². The van der Waals surface area contributed by atoms with Crippen molar-refractivity contribution in [3.63, 3.8) is 0 Å². The van der Waals surface area contributed by atoms with Crippen LogP contribution >= 0.6 is 0 Å². The normalized spacial score (nSPS) is 22.8. The number of nitrogens with one attached hydrogen (secondary N) is 2. The fourth-order valence-corrected chi connectivity index (χ4v) is 3.53. The predicted molar refractivity (Wildman–Crippen MR) is 99.3 cm³/mol. The smallest absolute Gasteiger partial charge is 0.268 e. The maximum absolute atomic E-state index is 12.5. The van der Waals surface area contributed by atoms with Crippen LogP contribution in [0.1, 0.15) is 26.2 Å². The third-order valence-corrected chi connectivity index (χ3v) is 5.46. The second-order valence-electron chi connectivity index (χ2n) is 7.47. The summed E-state index contributed by atoms with van der Waals surface area (Å²) in [5.41, 5.74) is 0.446. The Morgan fingerprint density at radius 1 is 1.46 bits per heavy atom. The van der Waals surface area contributed by atoms with Crippen molar-refractivity contribution in [2.75, 3.05) is 44.2 Å². The van der Waals surface area contributed by atoms with Crippen LogP contribution in [0.3, 0.4) is 0 Å². The molecule has 1 aromatic rings. The van der Waals surface area contributed by atoms with Gasteiger partial charge in [-0.2, -0.15) is 5.10 Å². The summed E-state index contributed by atoms with van der Waals surface area (Å²) in [5.74, 6) is 0.141. The minimum atomic E-state index is -0.263. The Hall–Kier alpha value is -1.93. The maximum Gasteiger partial charge on any atom is 0.268 e. The van der Waals surface area contributed by atoms with Gasteiger partial charge in [-0.1, -0.05) is 6.92 Å². The molecule has 1 amide bonds. The van der Waals surface area contributed by atoms with E-state index in [-0.39, 0.29) is 23.0 Å². The number of hydrogen-bond acceptors (Lipinski definition) is 6. The van der Waals surface area contributed by atoms with Gasteiger partial charge in [0.15, 0.2) is 0 Å². The number of rotatable bonds is 5. The van der Waals surface area contributed by atoms with Crippen LogP contribution in [0.5, 0.6) is 0 Å². The Labute approximate surface area is 153 Å². The van der Waals surface area contributed by atoms with Crippen LogP contribution in [0.15, 0.2) is 17.1 Å². The molecule has 0 bridgehead atoms. The van der Waals surface area contributed by atoms with E-state index in [0.717, 1.165) is 44.6 Å². The molecule has 0 spiro atoms. The van der Waals surface area contributed by atoms with E-state index in [0.29, 0.717) is 19.7 Å². The lowest BCUT2D eigenvalue weighted by Crippen LogP contribution is -2.47. The van der Waals surface area contributed by atoms with Gasteiger partial charge in [-0.25, -0.2) is 4.68 Å². The lowest BCUT2D eigenvalue weighted by atomic mass is 9.80. The summed E-state index contributed by atoms with van der Waals surface area (Å²) in [4.78, 5) is 26.4. The number of hydrogen-bond donors (Lipinski definition) is 2. The molecule has 2 N–H and O–H groups in total. The van der Waals surface area contributed by atoms with Gasteiger partial charge in [-0.3, -0.25) is 9.59 Å². The number of amides is 1. The molecule has 0 radical (unpaired) electrons. The summed E-state index contributed by atoms with van der Waals surface area (Å²) in [7, 11) is 1.64. The monoisotopic (exact) mass is 363 g/mol. The summed E-state index contributed by atoms with van der Waals surface area (Å²) in [6.07, 6.45) is 4.26. The summed E-state index contributed by atoms with van der Waals surface area (Å²) in [5, 5.41) is 10.5. The SMILES string of the molecule is Cn1ncc(N2CCOC(CCNC(=O)C3(C)CCNCC3)C2)cc1=O. The number of nitrogens with zero attached hydrogens (tertiary/aromatic N) is 3. The van der Waals surface area contributed by atoms with Gasteiger partial charge >= 0.3 is 0 Å². The molecule has 3 heterocycles. The molecule has 3 rings (SSSR count). The highest BCUT2D eigenvalue weighted by atomic mass is 16.5. The standard InChI is InChI=1S/C18H29N5O3/c1-18(4-7-19-8-5-18)17(25)20-6-3-15-13-23(9-10-26-15)14-11-16(24)22(2)21-12-14/h11-12,15,19H,3-10,13H2,1-2H3,(H,20,25). The quantitative estimate of drug-likeness (QED) is 0.758. The van der Waals surface area contributed by atoms with E-state index in [9.17, 15) is 9.59 Å². The van der Waals surface area contributed by atoms with Gasteiger partial charge in [0.2, 0.25) is 5.91 Å². The van der Waals surface area contributed by atoms with Crippen molar-refractivity contribution in [1.82, 2.24) is 20.4 Å². The van der Waals surface area contributed by atoms with E-state index < -0.39 is 0 Å². The number of morpholine rings is 1. The second-order valence-corrected chi connectivity index (χ2v) is 7.47. The first-order chi connectivity index (χ1) is 12.5. The Bertz CT molecular complexity index is 684. The third kappa shape index (κ3) is 4.42. The summed E-state index contributed by atoms with van der Waals surface area (Å²) < 4.78 is 7.15. The number of aryl methyl sites for hydroxylation is 1. The van der Waals surface area contributed by atoms with Crippen molar-refractivity contribution in [2.45, 2.75) is 32.3 Å². The first-order valence-corrected chi connectivity index (χ1v) is 9.37. The number of carbonyl (C=O) groups excluding carboxylic acids is 1. The van der Waals surface area contributed by atoms with Gasteiger partial charge in [0, 0.05) is 38.2 Å². The highest BCUT2D eigenvalue weighted by Crippen LogP contribution is 2.27. The molecule has 1 aromatic heterocycles. The number of anilines is 1. The summed E-state index contributed by atoms with van der Waals surface area (Å²) >= 11 is 0. The molecule has 1 atom stereocenters. The van der Waals surface area contributed by atoms with E-state index in [2.05, 4.69) is 20.6 Å². The minimum absolute atomic E-state index is 0.0361. The molecule has 2 aliphatic heterocycles. The number of aromatic nitrogens is 2. The zero-order chi connectivity index (χ0) is 18.6. The fourth-order valence-electron chi connectivity index (χ4n) is 3.53. The van der Waals surface area contributed by atoms with Crippen molar-refractivity contribution >= 4 is 11.6 Å². The lowest BCUT2D eigenvalue weighted by molar-refractivity contribution is -0.131. The predicted octanol–water partition coefficient (Wildman–Crippen LogP) is -0.118. The highest BCUT2D eigenvalue weighted by Gasteiger charge is 2.34. The minimum Gasteiger partial charge on any atom is -0.374 e. The molecule has 26 heavy (non-hydrogen) atoms. The van der Waals surface area contributed by atoms with Crippen LogP contribution in [0.4, 0.5) is 5.69 Å². The van der Waals surface area contributed by atoms with Crippen LogP contribution in [-0.4, -0.2) is 61.1 Å². The van der Waals surface area contributed by atoms with E-state index in [4.69, 9.17) is 4.74 Å². The molecule has 1 unspecified atom stereocenters. The van der Waals surface area contributed by atoms with E-state index in [1.54, 1.807) is 19.3 Å². The molecule has 8 heteroatoms. The van der Waals surface area contributed by atoms with E-state index in [1.165, 1.54) is 4.68 Å². The Morgan fingerprint density at radius 3 is 2.96 bits per heavy atom. The zero-order valence-electron chi connectivity index (χ0n) is 15.7. The third-order valence-electron chi connectivity index (χ3n) is 5.46. The fraction of sp³-hybridized carbons (Fsp3) is 0.722. The Morgan fingerprint density at radius 2 is 2.23 bits per heavy atom. The molecule has 0 aromatic carbocycles. The van der Waals surface area contributed by atoms with Gasteiger partial charge in [0.05, 0.1) is 24.6 Å². The average molecular weight is 363 g/mol. The van der Waals surface area contributed by atoms with E-state index in [1.807, 2.05) is 6.92 Å². The highest BCUT2D eigenvalue weighted by molar-refractivity contribution is 5.82. The molecule has 2 saturated heterocycles. The number of ether oxygens (including phenoxy) is 1. The Balaban J connectivity index is 1.48.